The lowest BCUT2D eigenvalue weighted by atomic mass is 10.0. The molecule has 0 fully saturated rings. The molecule has 5 nitrogen and oxygen atoms in total. The minimum Gasteiger partial charge on any atom is -0.399 e. The second-order valence-corrected chi connectivity index (χ2v) is 6.39. The van der Waals surface area contributed by atoms with Crippen LogP contribution in [0.3, 0.4) is 0 Å². The molecule has 0 radical (unpaired) electrons. The molecule has 0 spiro atoms. The van der Waals surface area contributed by atoms with E-state index < -0.39 is 10.0 Å². The van der Waals surface area contributed by atoms with Crippen molar-refractivity contribution in [3.63, 3.8) is 0 Å². The number of primary sulfonamides is 1. The Hall–Kier alpha value is -1.53. The number of hydrogen-bond acceptors (Lipinski definition) is 4. The molecule has 0 aliphatic heterocycles. The van der Waals surface area contributed by atoms with Gasteiger partial charge in [0.2, 0.25) is 10.0 Å². The fraction of sp³-hybridized carbons (Fsp3) is 0.385. The summed E-state index contributed by atoms with van der Waals surface area (Å²) in [7, 11) is -3.75. The first kappa shape index (κ1) is 13.9. The molecule has 2 rings (SSSR count). The Balaban J connectivity index is 2.35. The first-order valence-corrected chi connectivity index (χ1v) is 7.77. The fourth-order valence-electron chi connectivity index (χ4n) is 2.30. The third kappa shape index (κ3) is 3.27. The molecule has 19 heavy (non-hydrogen) atoms. The number of allylic oxidation sites excluding steroid dienone is 1. The van der Waals surface area contributed by atoms with Crippen LogP contribution in [0.2, 0.25) is 0 Å². The number of rotatable bonds is 3. The van der Waals surface area contributed by atoms with E-state index in [4.69, 9.17) is 10.9 Å². The zero-order chi connectivity index (χ0) is 14.0. The minimum absolute atomic E-state index is 0.0846. The van der Waals surface area contributed by atoms with Gasteiger partial charge in [0, 0.05) is 17.4 Å². The van der Waals surface area contributed by atoms with Crippen LogP contribution in [0.15, 0.2) is 29.2 Å². The van der Waals surface area contributed by atoms with Crippen molar-refractivity contribution in [2.75, 3.05) is 11.1 Å². The molecule has 1 aromatic rings. The van der Waals surface area contributed by atoms with Crippen LogP contribution in [0.5, 0.6) is 0 Å². The molecular formula is C13H19N3O2S. The van der Waals surface area contributed by atoms with Gasteiger partial charge in [-0.15, -0.1) is 0 Å². The van der Waals surface area contributed by atoms with Crippen LogP contribution in [0.4, 0.5) is 11.4 Å². The maximum atomic E-state index is 11.5. The Labute approximate surface area is 113 Å². The van der Waals surface area contributed by atoms with Crippen LogP contribution in [0.1, 0.15) is 24.8 Å². The SMILES string of the molecule is Cc1c(NC2CC=CCC2)cc(N)cc1S(N)(=O)=O. The van der Waals surface area contributed by atoms with Crippen molar-refractivity contribution in [2.45, 2.75) is 37.1 Å². The number of nitrogen functional groups attached to an aromatic ring is 1. The van der Waals surface area contributed by atoms with Crippen molar-refractivity contribution in [1.82, 2.24) is 0 Å². The van der Waals surface area contributed by atoms with E-state index in [1.165, 1.54) is 6.07 Å². The van der Waals surface area contributed by atoms with Crippen LogP contribution in [0.25, 0.3) is 0 Å². The number of hydrogen-bond donors (Lipinski definition) is 3. The average Bonchev–Trinajstić information content (AvgIpc) is 2.33. The number of nitrogens with two attached hydrogens (primary N) is 2. The normalized spacial score (nSPS) is 19.4. The van der Waals surface area contributed by atoms with Crippen molar-refractivity contribution >= 4 is 21.4 Å². The molecule has 0 amide bonds. The van der Waals surface area contributed by atoms with Gasteiger partial charge in [0.05, 0.1) is 4.90 Å². The third-order valence-corrected chi connectivity index (χ3v) is 4.35. The van der Waals surface area contributed by atoms with Gasteiger partial charge in [-0.3, -0.25) is 0 Å². The topological polar surface area (TPSA) is 98.2 Å². The summed E-state index contributed by atoms with van der Waals surface area (Å²) in [6.45, 7) is 1.74. The molecule has 0 bridgehead atoms. The molecule has 0 saturated heterocycles. The van der Waals surface area contributed by atoms with Crippen molar-refractivity contribution in [3.05, 3.63) is 29.8 Å². The Kier molecular flexibility index (Phi) is 3.82. The predicted octanol–water partition coefficient (Wildman–Crippen LogP) is 1.75. The largest absolute Gasteiger partial charge is 0.399 e. The zero-order valence-electron chi connectivity index (χ0n) is 10.9. The van der Waals surface area contributed by atoms with E-state index in [9.17, 15) is 8.42 Å². The van der Waals surface area contributed by atoms with E-state index in [1.807, 2.05) is 0 Å². The Morgan fingerprint density at radius 1 is 1.32 bits per heavy atom. The van der Waals surface area contributed by atoms with Crippen LogP contribution in [0, 0.1) is 6.92 Å². The molecule has 104 valence electrons. The molecule has 1 unspecified atom stereocenters. The van der Waals surface area contributed by atoms with Gasteiger partial charge in [0.25, 0.3) is 0 Å². The van der Waals surface area contributed by atoms with Gasteiger partial charge in [-0.25, -0.2) is 13.6 Å². The molecule has 0 aromatic heterocycles. The molecule has 1 atom stereocenters. The van der Waals surface area contributed by atoms with Crippen molar-refractivity contribution in [2.24, 2.45) is 5.14 Å². The van der Waals surface area contributed by atoms with Gasteiger partial charge in [0.1, 0.15) is 0 Å². The molecule has 0 saturated carbocycles. The Morgan fingerprint density at radius 2 is 2.05 bits per heavy atom. The first-order valence-electron chi connectivity index (χ1n) is 6.22. The summed E-state index contributed by atoms with van der Waals surface area (Å²) in [5.74, 6) is 0. The van der Waals surface area contributed by atoms with Crippen LogP contribution < -0.4 is 16.2 Å². The molecular weight excluding hydrogens is 262 g/mol. The maximum Gasteiger partial charge on any atom is 0.238 e. The molecule has 1 aliphatic carbocycles. The first-order chi connectivity index (χ1) is 8.88. The summed E-state index contributed by atoms with van der Waals surface area (Å²) in [5, 5.41) is 8.56. The van der Waals surface area contributed by atoms with E-state index in [0.29, 0.717) is 17.3 Å². The smallest absolute Gasteiger partial charge is 0.238 e. The van der Waals surface area contributed by atoms with Crippen LogP contribution in [-0.4, -0.2) is 14.5 Å². The van der Waals surface area contributed by atoms with E-state index >= 15 is 0 Å². The minimum atomic E-state index is -3.75. The highest BCUT2D eigenvalue weighted by Gasteiger charge is 2.17. The highest BCUT2D eigenvalue weighted by Crippen LogP contribution is 2.28. The van der Waals surface area contributed by atoms with Gasteiger partial charge in [-0.05, 0) is 43.9 Å². The van der Waals surface area contributed by atoms with Crippen molar-refractivity contribution in [1.29, 1.82) is 0 Å². The maximum absolute atomic E-state index is 11.5. The molecule has 6 heteroatoms. The second kappa shape index (κ2) is 5.22. The summed E-state index contributed by atoms with van der Waals surface area (Å²) >= 11 is 0. The van der Waals surface area contributed by atoms with E-state index in [1.54, 1.807) is 13.0 Å². The van der Waals surface area contributed by atoms with Crippen LogP contribution in [-0.2, 0) is 10.0 Å². The van der Waals surface area contributed by atoms with E-state index in [2.05, 4.69) is 17.5 Å². The van der Waals surface area contributed by atoms with Gasteiger partial charge in [-0.2, -0.15) is 0 Å². The van der Waals surface area contributed by atoms with Gasteiger partial charge < -0.3 is 11.1 Å². The standard InChI is InChI=1S/C13H19N3O2S/c1-9-12(16-11-5-3-2-4-6-11)7-10(14)8-13(9)19(15,17)18/h2-3,7-8,11,16H,4-6,14H2,1H3,(H2,15,17,18). The lowest BCUT2D eigenvalue weighted by Crippen LogP contribution is -2.22. The highest BCUT2D eigenvalue weighted by atomic mass is 32.2. The summed E-state index contributed by atoms with van der Waals surface area (Å²) < 4.78 is 23.1. The second-order valence-electron chi connectivity index (χ2n) is 4.86. The highest BCUT2D eigenvalue weighted by molar-refractivity contribution is 7.89. The number of anilines is 2. The zero-order valence-corrected chi connectivity index (χ0v) is 11.7. The summed E-state index contributed by atoms with van der Waals surface area (Å²) in [6, 6.07) is 3.46. The predicted molar refractivity (Wildman–Crippen MR) is 77.4 cm³/mol. The average molecular weight is 281 g/mol. The Morgan fingerprint density at radius 3 is 2.63 bits per heavy atom. The fourth-order valence-corrected chi connectivity index (χ4v) is 3.14. The summed E-state index contributed by atoms with van der Waals surface area (Å²) in [6.07, 6.45) is 7.26. The van der Waals surface area contributed by atoms with Gasteiger partial charge >= 0.3 is 0 Å². The lowest BCUT2D eigenvalue weighted by Gasteiger charge is -2.23. The van der Waals surface area contributed by atoms with E-state index in [-0.39, 0.29) is 4.90 Å². The van der Waals surface area contributed by atoms with Crippen molar-refractivity contribution < 1.29 is 8.42 Å². The van der Waals surface area contributed by atoms with Gasteiger partial charge in [-0.1, -0.05) is 12.2 Å². The molecule has 1 aliphatic rings. The summed E-state index contributed by atoms with van der Waals surface area (Å²) in [4.78, 5) is 0.0846. The van der Waals surface area contributed by atoms with Gasteiger partial charge in [0.15, 0.2) is 0 Å². The molecule has 0 heterocycles. The molecule has 1 aromatic carbocycles. The summed E-state index contributed by atoms with van der Waals surface area (Å²) in [5.41, 5.74) is 7.51. The quantitative estimate of drug-likeness (QED) is 0.580. The van der Waals surface area contributed by atoms with Crippen LogP contribution >= 0.6 is 0 Å². The van der Waals surface area contributed by atoms with Crippen molar-refractivity contribution in [3.8, 4) is 0 Å². The number of nitrogens with one attached hydrogen (secondary N) is 1. The monoisotopic (exact) mass is 281 g/mol. The Bertz CT molecular complexity index is 609. The lowest BCUT2D eigenvalue weighted by molar-refractivity contribution is 0.597. The number of sulfonamides is 1. The number of benzene rings is 1. The third-order valence-electron chi connectivity index (χ3n) is 3.32. The van der Waals surface area contributed by atoms with E-state index in [0.717, 1.165) is 24.9 Å². The molecule has 5 N–H and O–H groups in total.